The molecule has 3 atom stereocenters. The highest BCUT2D eigenvalue weighted by Gasteiger charge is 2.41. The van der Waals surface area contributed by atoms with Crippen LogP contribution in [0.3, 0.4) is 0 Å². The fourth-order valence-electron chi connectivity index (χ4n) is 2.72. The summed E-state index contributed by atoms with van der Waals surface area (Å²) in [4.78, 5) is 45.9. The van der Waals surface area contributed by atoms with Crippen LogP contribution in [0.1, 0.15) is 65.9 Å². The molecule has 0 bridgehead atoms. The first-order chi connectivity index (χ1) is 13.0. The minimum Gasteiger partial charge on any atom is -0.481 e. The second kappa shape index (κ2) is 9.39. The van der Waals surface area contributed by atoms with Gasteiger partial charge in [-0.05, 0) is 31.5 Å². The normalized spacial score (nSPS) is 29.6. The molecule has 0 radical (unpaired) electrons. The van der Waals surface area contributed by atoms with Gasteiger partial charge in [-0.2, -0.15) is 0 Å². The SMILES string of the molecule is [2H]C([2H])(CC(=O)CCC1C(=O)CC(O)C1CCC(=O)O)C([2H])([2H])C([2H])([2H])C(=O)O. The number of carbonyl (C=O) groups is 4. The van der Waals surface area contributed by atoms with E-state index in [0.29, 0.717) is 0 Å². The Hall–Kier alpha value is -1.76. The van der Waals surface area contributed by atoms with Crippen LogP contribution in [0.25, 0.3) is 0 Å². The summed E-state index contributed by atoms with van der Waals surface area (Å²) in [5.41, 5.74) is 0. The molecular formula is C16H24O7. The van der Waals surface area contributed by atoms with Gasteiger partial charge in [0.1, 0.15) is 11.6 Å². The molecule has 1 aliphatic carbocycles. The molecule has 0 aromatic carbocycles. The number of hydrogen-bond acceptors (Lipinski definition) is 5. The van der Waals surface area contributed by atoms with E-state index < -0.39 is 61.2 Å². The van der Waals surface area contributed by atoms with Crippen LogP contribution in [0.2, 0.25) is 0 Å². The monoisotopic (exact) mass is 334 g/mol. The smallest absolute Gasteiger partial charge is 0.303 e. The van der Waals surface area contributed by atoms with Crippen LogP contribution in [-0.2, 0) is 19.2 Å². The van der Waals surface area contributed by atoms with E-state index in [-0.39, 0.29) is 37.9 Å². The number of Topliss-reactive ketones (excluding diaryl/α,β-unsaturated/α-hetero) is 2. The summed E-state index contributed by atoms with van der Waals surface area (Å²) >= 11 is 0. The van der Waals surface area contributed by atoms with Gasteiger partial charge in [-0.15, -0.1) is 0 Å². The van der Waals surface area contributed by atoms with E-state index in [9.17, 15) is 24.3 Å². The molecule has 0 saturated heterocycles. The maximum Gasteiger partial charge on any atom is 0.303 e. The van der Waals surface area contributed by atoms with Crippen molar-refractivity contribution in [2.24, 2.45) is 11.8 Å². The van der Waals surface area contributed by atoms with Crippen LogP contribution < -0.4 is 0 Å². The summed E-state index contributed by atoms with van der Waals surface area (Å²) in [6.07, 6.45) is -13.2. The fourth-order valence-corrected chi connectivity index (χ4v) is 2.72. The van der Waals surface area contributed by atoms with E-state index in [1.54, 1.807) is 0 Å². The van der Waals surface area contributed by atoms with Crippen molar-refractivity contribution in [3.05, 3.63) is 0 Å². The number of aliphatic hydroxyl groups is 1. The third kappa shape index (κ3) is 6.90. The standard InChI is InChI=1S/C16H24O7/c17-10(3-1-2-4-15(20)21)5-6-11-12(7-8-16(22)23)14(19)9-13(11)18/h11-12,14,19H,1-9H2,(H,20,21)(H,22,23)/i1D2,2D2,4D2. The Balaban J connectivity index is 2.79. The van der Waals surface area contributed by atoms with Crippen LogP contribution in [0.15, 0.2) is 0 Å². The molecular weight excluding hydrogens is 304 g/mol. The minimum absolute atomic E-state index is 0.0310. The summed E-state index contributed by atoms with van der Waals surface area (Å²) in [6.45, 7) is 0. The molecule has 0 aliphatic heterocycles. The zero-order valence-corrected chi connectivity index (χ0v) is 12.4. The highest BCUT2D eigenvalue weighted by Crippen LogP contribution is 2.35. The molecule has 1 rings (SSSR count). The van der Waals surface area contributed by atoms with Crippen LogP contribution >= 0.6 is 0 Å². The zero-order chi connectivity index (χ0) is 22.8. The first-order valence-electron chi connectivity index (χ1n) is 10.2. The molecule has 1 saturated carbocycles. The van der Waals surface area contributed by atoms with Crippen LogP contribution in [0.5, 0.6) is 0 Å². The van der Waals surface area contributed by atoms with Crippen molar-refractivity contribution >= 4 is 23.5 Å². The minimum atomic E-state index is -3.58. The van der Waals surface area contributed by atoms with Crippen LogP contribution in [-0.4, -0.2) is 44.9 Å². The maximum atomic E-state index is 12.2. The molecule has 7 heteroatoms. The molecule has 0 spiro atoms. The average molecular weight is 334 g/mol. The Labute approximate surface area is 143 Å². The van der Waals surface area contributed by atoms with Crippen molar-refractivity contribution in [1.29, 1.82) is 0 Å². The molecule has 0 aromatic heterocycles. The first-order valence-corrected chi connectivity index (χ1v) is 7.22. The summed E-state index contributed by atoms with van der Waals surface area (Å²) in [5, 5.41) is 27.5. The number of carboxylic acids is 2. The summed E-state index contributed by atoms with van der Waals surface area (Å²) in [7, 11) is 0. The average Bonchev–Trinajstić information content (AvgIpc) is 2.82. The number of carboxylic acid groups (broad SMARTS) is 2. The molecule has 0 amide bonds. The molecule has 1 aliphatic rings. The Kier molecular flexibility index (Phi) is 4.79. The molecule has 7 nitrogen and oxygen atoms in total. The lowest BCUT2D eigenvalue weighted by atomic mass is 9.86. The Morgan fingerprint density at radius 2 is 1.74 bits per heavy atom. The number of hydrogen-bond donors (Lipinski definition) is 3. The van der Waals surface area contributed by atoms with Crippen LogP contribution in [0.4, 0.5) is 0 Å². The predicted molar refractivity (Wildman–Crippen MR) is 79.8 cm³/mol. The van der Waals surface area contributed by atoms with Crippen molar-refractivity contribution in [1.82, 2.24) is 0 Å². The van der Waals surface area contributed by atoms with Gasteiger partial charge in [0.05, 0.1) is 6.10 Å². The summed E-state index contributed by atoms with van der Waals surface area (Å²) < 4.78 is 45.2. The largest absolute Gasteiger partial charge is 0.481 e. The second-order valence-corrected chi connectivity index (χ2v) is 5.43. The highest BCUT2D eigenvalue weighted by atomic mass is 16.4. The van der Waals surface area contributed by atoms with Gasteiger partial charge < -0.3 is 15.3 Å². The van der Waals surface area contributed by atoms with Crippen LogP contribution in [0, 0.1) is 11.8 Å². The number of carbonyl (C=O) groups excluding carboxylic acids is 2. The van der Waals surface area contributed by atoms with E-state index >= 15 is 0 Å². The summed E-state index contributed by atoms with van der Waals surface area (Å²) in [6, 6.07) is 0. The third-order valence-electron chi connectivity index (χ3n) is 3.80. The lowest BCUT2D eigenvalue weighted by Gasteiger charge is -2.19. The maximum absolute atomic E-state index is 12.2. The van der Waals surface area contributed by atoms with Gasteiger partial charge in [0.2, 0.25) is 0 Å². The topological polar surface area (TPSA) is 129 Å². The van der Waals surface area contributed by atoms with Gasteiger partial charge in [-0.1, -0.05) is 0 Å². The quantitative estimate of drug-likeness (QED) is 0.521. The third-order valence-corrected chi connectivity index (χ3v) is 3.80. The second-order valence-electron chi connectivity index (χ2n) is 5.43. The molecule has 0 heterocycles. The molecule has 3 N–H and O–H groups in total. The van der Waals surface area contributed by atoms with Gasteiger partial charge in [0.15, 0.2) is 0 Å². The number of rotatable bonds is 11. The van der Waals surface area contributed by atoms with Crippen molar-refractivity contribution < 1.29 is 42.7 Å². The van der Waals surface area contributed by atoms with Gasteiger partial charge in [0, 0.05) is 46.2 Å². The van der Waals surface area contributed by atoms with Gasteiger partial charge in [0.25, 0.3) is 0 Å². The van der Waals surface area contributed by atoms with E-state index in [4.69, 9.17) is 18.4 Å². The molecule has 23 heavy (non-hydrogen) atoms. The summed E-state index contributed by atoms with van der Waals surface area (Å²) in [5.74, 6) is -5.94. The van der Waals surface area contributed by atoms with Crippen molar-refractivity contribution in [3.8, 4) is 0 Å². The van der Waals surface area contributed by atoms with E-state index in [1.165, 1.54) is 0 Å². The Morgan fingerprint density at radius 1 is 1.04 bits per heavy atom. The molecule has 0 aromatic rings. The zero-order valence-electron chi connectivity index (χ0n) is 18.4. The highest BCUT2D eigenvalue weighted by molar-refractivity contribution is 5.85. The Morgan fingerprint density at radius 3 is 2.35 bits per heavy atom. The molecule has 130 valence electrons. The predicted octanol–water partition coefficient (Wildman–Crippen LogP) is 1.41. The van der Waals surface area contributed by atoms with Crippen molar-refractivity contribution in [3.63, 3.8) is 0 Å². The van der Waals surface area contributed by atoms with Gasteiger partial charge in [-0.25, -0.2) is 0 Å². The lowest BCUT2D eigenvalue weighted by molar-refractivity contribution is -0.138. The number of aliphatic carboxylic acids is 2. The molecule has 1 fully saturated rings. The number of ketones is 2. The molecule has 3 unspecified atom stereocenters. The van der Waals surface area contributed by atoms with E-state index in [2.05, 4.69) is 0 Å². The van der Waals surface area contributed by atoms with Gasteiger partial charge >= 0.3 is 11.9 Å². The number of aliphatic hydroxyl groups excluding tert-OH is 1. The van der Waals surface area contributed by atoms with E-state index in [1.807, 2.05) is 0 Å². The van der Waals surface area contributed by atoms with E-state index in [0.717, 1.165) is 0 Å². The first kappa shape index (κ1) is 11.7. The Bertz CT molecular complexity index is 679. The lowest BCUT2D eigenvalue weighted by Crippen LogP contribution is -2.22. The van der Waals surface area contributed by atoms with Crippen molar-refractivity contribution in [2.45, 2.75) is 63.7 Å². The van der Waals surface area contributed by atoms with Crippen molar-refractivity contribution in [2.75, 3.05) is 0 Å². The fraction of sp³-hybridized carbons (Fsp3) is 0.750. The van der Waals surface area contributed by atoms with Gasteiger partial charge in [-0.3, -0.25) is 19.2 Å².